The van der Waals surface area contributed by atoms with Crippen molar-refractivity contribution in [1.29, 1.82) is 0 Å². The minimum Gasteiger partial charge on any atom is -0.482 e. The van der Waals surface area contributed by atoms with Gasteiger partial charge in [-0.3, -0.25) is 4.79 Å². The molecule has 2 rings (SSSR count). The molecule has 1 aliphatic rings. The van der Waals surface area contributed by atoms with Crippen LogP contribution in [0.1, 0.15) is 31.7 Å². The molecular weight excluding hydrogens is 204 g/mol. The molecule has 0 radical (unpaired) electrons. The molecule has 3 nitrogen and oxygen atoms in total. The lowest BCUT2D eigenvalue weighted by Crippen LogP contribution is -2.15. The second-order valence-electron chi connectivity index (χ2n) is 4.10. The van der Waals surface area contributed by atoms with Crippen molar-refractivity contribution in [3.05, 3.63) is 23.8 Å². The molecule has 0 saturated heterocycles. The highest BCUT2D eigenvalue weighted by molar-refractivity contribution is 5.82. The topological polar surface area (TPSA) is 35.5 Å². The van der Waals surface area contributed by atoms with Gasteiger partial charge in [-0.1, -0.05) is 26.0 Å². The zero-order chi connectivity index (χ0) is 11.5. The number of fused-ring (bicyclic) bond motifs is 1. The van der Waals surface area contributed by atoms with E-state index >= 15 is 0 Å². The Hall–Kier alpha value is -1.51. The van der Waals surface area contributed by atoms with Gasteiger partial charge in [0, 0.05) is 5.56 Å². The first-order valence-corrected chi connectivity index (χ1v) is 5.62. The third kappa shape index (κ3) is 2.03. The Morgan fingerprint density at radius 1 is 1.31 bits per heavy atom. The van der Waals surface area contributed by atoms with Crippen molar-refractivity contribution in [1.82, 2.24) is 0 Å². The number of ketones is 1. The van der Waals surface area contributed by atoms with E-state index in [9.17, 15) is 4.79 Å². The van der Waals surface area contributed by atoms with E-state index in [1.54, 1.807) is 0 Å². The molecule has 1 aromatic carbocycles. The maximum Gasteiger partial charge on any atom is 0.207 e. The van der Waals surface area contributed by atoms with E-state index in [-0.39, 0.29) is 19.0 Å². The number of para-hydroxylation sites is 1. The first-order chi connectivity index (χ1) is 7.72. The lowest BCUT2D eigenvalue weighted by molar-refractivity contribution is -0.122. The third-order valence-corrected chi connectivity index (χ3v) is 2.92. The second-order valence-corrected chi connectivity index (χ2v) is 4.10. The van der Waals surface area contributed by atoms with Gasteiger partial charge in [-0.25, -0.2) is 0 Å². The van der Waals surface area contributed by atoms with Crippen LogP contribution in [0.5, 0.6) is 11.5 Å². The molecule has 0 aromatic heterocycles. The van der Waals surface area contributed by atoms with Gasteiger partial charge in [0.1, 0.15) is 0 Å². The predicted octanol–water partition coefficient (Wildman–Crippen LogP) is 2.54. The number of benzene rings is 1. The van der Waals surface area contributed by atoms with Crippen LogP contribution in [0.15, 0.2) is 18.2 Å². The van der Waals surface area contributed by atoms with E-state index in [0.717, 1.165) is 17.7 Å². The molecule has 0 fully saturated rings. The number of carbonyl (C=O) groups excluding carboxylic acids is 1. The van der Waals surface area contributed by atoms with Gasteiger partial charge in [0.25, 0.3) is 0 Å². The fourth-order valence-corrected chi connectivity index (χ4v) is 1.76. The molecule has 0 amide bonds. The number of ether oxygens (including phenoxy) is 2. The summed E-state index contributed by atoms with van der Waals surface area (Å²) in [5, 5.41) is 0. The molecule has 1 atom stereocenters. The standard InChI is InChI=1S/C13H16O3/c1-3-9(2)11-5-4-6-12-13(11)16-8-10(14)7-15-12/h4-6,9H,3,7-8H2,1-2H3. The van der Waals surface area contributed by atoms with Crippen LogP contribution < -0.4 is 9.47 Å². The number of hydrogen-bond acceptors (Lipinski definition) is 3. The van der Waals surface area contributed by atoms with Gasteiger partial charge in [0.15, 0.2) is 24.7 Å². The molecule has 0 N–H and O–H groups in total. The van der Waals surface area contributed by atoms with E-state index < -0.39 is 0 Å². The predicted molar refractivity (Wildman–Crippen MR) is 61.1 cm³/mol. The molecule has 0 bridgehead atoms. The Labute approximate surface area is 95.4 Å². The Kier molecular flexibility index (Phi) is 3.13. The van der Waals surface area contributed by atoms with Crippen LogP contribution >= 0.6 is 0 Å². The summed E-state index contributed by atoms with van der Waals surface area (Å²) in [7, 11) is 0. The number of rotatable bonds is 2. The molecule has 1 aliphatic heterocycles. The normalized spacial score (nSPS) is 16.8. The van der Waals surface area contributed by atoms with Gasteiger partial charge in [-0.2, -0.15) is 0 Å². The fourth-order valence-electron chi connectivity index (χ4n) is 1.76. The molecule has 16 heavy (non-hydrogen) atoms. The van der Waals surface area contributed by atoms with Crippen molar-refractivity contribution < 1.29 is 14.3 Å². The average Bonchev–Trinajstić information content (AvgIpc) is 2.50. The zero-order valence-corrected chi connectivity index (χ0v) is 9.66. The monoisotopic (exact) mass is 220 g/mol. The van der Waals surface area contributed by atoms with E-state index in [1.807, 2.05) is 18.2 Å². The summed E-state index contributed by atoms with van der Waals surface area (Å²) >= 11 is 0. The molecular formula is C13H16O3. The van der Waals surface area contributed by atoms with E-state index in [4.69, 9.17) is 9.47 Å². The summed E-state index contributed by atoms with van der Waals surface area (Å²) < 4.78 is 11.0. The fraction of sp³-hybridized carbons (Fsp3) is 0.462. The SMILES string of the molecule is CCC(C)c1cccc2c1OCC(=O)CO2. The quantitative estimate of drug-likeness (QED) is 0.768. The molecule has 1 heterocycles. The Morgan fingerprint density at radius 3 is 2.81 bits per heavy atom. The summed E-state index contributed by atoms with van der Waals surface area (Å²) in [5.74, 6) is 1.81. The molecule has 3 heteroatoms. The van der Waals surface area contributed by atoms with Crippen LogP contribution in [0.3, 0.4) is 0 Å². The second kappa shape index (κ2) is 4.56. The summed E-state index contributed by atoms with van der Waals surface area (Å²) in [5.41, 5.74) is 1.12. The van der Waals surface area contributed by atoms with Crippen LogP contribution in [-0.2, 0) is 4.79 Å². The summed E-state index contributed by atoms with van der Waals surface area (Å²) in [4.78, 5) is 11.3. The molecule has 0 saturated carbocycles. The van der Waals surface area contributed by atoms with Gasteiger partial charge in [0.05, 0.1) is 0 Å². The van der Waals surface area contributed by atoms with Gasteiger partial charge < -0.3 is 9.47 Å². The first-order valence-electron chi connectivity index (χ1n) is 5.62. The van der Waals surface area contributed by atoms with E-state index in [0.29, 0.717) is 11.7 Å². The van der Waals surface area contributed by atoms with Crippen LogP contribution in [0.4, 0.5) is 0 Å². The first kappa shape index (κ1) is 11.0. The summed E-state index contributed by atoms with van der Waals surface area (Å²) in [6, 6.07) is 5.82. The molecule has 1 unspecified atom stereocenters. The molecule has 1 aromatic rings. The number of hydrogen-bond donors (Lipinski definition) is 0. The summed E-state index contributed by atoms with van der Waals surface area (Å²) in [6.07, 6.45) is 1.04. The van der Waals surface area contributed by atoms with Crippen molar-refractivity contribution >= 4 is 5.78 Å². The van der Waals surface area contributed by atoms with Crippen molar-refractivity contribution in [3.8, 4) is 11.5 Å². The van der Waals surface area contributed by atoms with Gasteiger partial charge in [-0.05, 0) is 18.4 Å². The maximum atomic E-state index is 11.3. The van der Waals surface area contributed by atoms with Crippen LogP contribution in [0.2, 0.25) is 0 Å². The largest absolute Gasteiger partial charge is 0.482 e. The van der Waals surface area contributed by atoms with Crippen molar-refractivity contribution in [2.75, 3.05) is 13.2 Å². The van der Waals surface area contributed by atoms with Crippen molar-refractivity contribution in [3.63, 3.8) is 0 Å². The van der Waals surface area contributed by atoms with Crippen molar-refractivity contribution in [2.45, 2.75) is 26.2 Å². The lowest BCUT2D eigenvalue weighted by atomic mass is 9.97. The van der Waals surface area contributed by atoms with Gasteiger partial charge in [-0.15, -0.1) is 0 Å². The number of Topliss-reactive ketones (excluding diaryl/α,β-unsaturated/α-hetero) is 1. The average molecular weight is 220 g/mol. The maximum absolute atomic E-state index is 11.3. The Bertz CT molecular complexity index is 398. The minimum absolute atomic E-state index is 0.0219. The highest BCUT2D eigenvalue weighted by atomic mass is 16.5. The van der Waals surface area contributed by atoms with Gasteiger partial charge in [0.2, 0.25) is 5.78 Å². The molecule has 86 valence electrons. The Morgan fingerprint density at radius 2 is 2.06 bits per heavy atom. The number of carbonyl (C=O) groups is 1. The highest BCUT2D eigenvalue weighted by Crippen LogP contribution is 2.37. The van der Waals surface area contributed by atoms with Crippen LogP contribution in [-0.4, -0.2) is 19.0 Å². The van der Waals surface area contributed by atoms with Crippen molar-refractivity contribution in [2.24, 2.45) is 0 Å². The highest BCUT2D eigenvalue weighted by Gasteiger charge is 2.20. The zero-order valence-electron chi connectivity index (χ0n) is 9.66. The smallest absolute Gasteiger partial charge is 0.207 e. The summed E-state index contributed by atoms with van der Waals surface area (Å²) in [6.45, 7) is 4.50. The minimum atomic E-state index is -0.0219. The van der Waals surface area contributed by atoms with E-state index in [2.05, 4.69) is 13.8 Å². The third-order valence-electron chi connectivity index (χ3n) is 2.92. The molecule has 0 aliphatic carbocycles. The van der Waals surface area contributed by atoms with E-state index in [1.165, 1.54) is 0 Å². The Balaban J connectivity index is 2.39. The van der Waals surface area contributed by atoms with Gasteiger partial charge >= 0.3 is 0 Å². The molecule has 0 spiro atoms. The van der Waals surface area contributed by atoms with Crippen LogP contribution in [0.25, 0.3) is 0 Å². The van der Waals surface area contributed by atoms with Crippen LogP contribution in [0, 0.1) is 0 Å². The lowest BCUT2D eigenvalue weighted by Gasteiger charge is -2.15.